The number of hydrogen-bond acceptors (Lipinski definition) is 5. The summed E-state index contributed by atoms with van der Waals surface area (Å²) in [6.45, 7) is 2.67. The first kappa shape index (κ1) is 29.6. The van der Waals surface area contributed by atoms with Gasteiger partial charge < -0.3 is 10.1 Å². The van der Waals surface area contributed by atoms with Crippen molar-refractivity contribution in [1.82, 2.24) is 19.7 Å². The van der Waals surface area contributed by atoms with Crippen LogP contribution in [0.1, 0.15) is 40.9 Å². The highest BCUT2D eigenvalue weighted by molar-refractivity contribution is 6.30. The molecular weight excluding hydrogens is 561 g/mol. The van der Waals surface area contributed by atoms with Crippen LogP contribution >= 0.6 is 11.6 Å². The van der Waals surface area contributed by atoms with Crippen LogP contribution in [0.5, 0.6) is 0 Å². The summed E-state index contributed by atoms with van der Waals surface area (Å²) in [5, 5.41) is 7.56. The predicted molar refractivity (Wildman–Crippen MR) is 146 cm³/mol. The van der Waals surface area contributed by atoms with E-state index in [1.807, 2.05) is 0 Å². The molecule has 0 saturated heterocycles. The van der Waals surface area contributed by atoms with Crippen LogP contribution in [0.3, 0.4) is 0 Å². The number of aromatic nitrogens is 3. The summed E-state index contributed by atoms with van der Waals surface area (Å²) in [5.41, 5.74) is -0.918. The number of ether oxygens (including phenoxy) is 1. The smallest absolute Gasteiger partial charge is 0.416 e. The molecule has 0 spiro atoms. The highest BCUT2D eigenvalue weighted by Crippen LogP contribution is 2.32. The summed E-state index contributed by atoms with van der Waals surface area (Å²) in [7, 11) is 1.27. The molecule has 0 aliphatic rings. The molecule has 214 valence electrons. The number of amides is 1. The number of alkyl halides is 3. The highest BCUT2D eigenvalue weighted by Gasteiger charge is 2.32. The van der Waals surface area contributed by atoms with E-state index >= 15 is 0 Å². The van der Waals surface area contributed by atoms with E-state index < -0.39 is 41.4 Å². The molecule has 0 atom stereocenters. The van der Waals surface area contributed by atoms with Gasteiger partial charge >= 0.3 is 17.8 Å². The van der Waals surface area contributed by atoms with Crippen LogP contribution in [0.4, 0.5) is 13.2 Å². The topological polar surface area (TPSA) is 95.2 Å². The standard InChI is InChI=1S/C29H26ClF3N4O4/c1-28(2,21-8-5-9-22(15-21)29(31,32)33)34-24(38)17-37-27(40)36(25(35-37)19-10-12-23(30)13-11-19)16-18-6-4-7-20(14-18)26(39)41-3/h4-15H,16-17H2,1-3H3,(H,34,38). The van der Waals surface area contributed by atoms with Gasteiger partial charge in [-0.15, -0.1) is 5.10 Å². The third-order valence-corrected chi connectivity index (χ3v) is 6.62. The molecule has 1 heterocycles. The number of nitrogens with zero attached hydrogens (tertiary/aromatic N) is 3. The number of benzene rings is 3. The Kier molecular flexibility index (Phi) is 8.39. The van der Waals surface area contributed by atoms with Crippen LogP contribution in [0.15, 0.2) is 77.6 Å². The van der Waals surface area contributed by atoms with Gasteiger partial charge in [0.15, 0.2) is 5.82 Å². The molecule has 0 radical (unpaired) electrons. The molecule has 12 heteroatoms. The molecule has 0 unspecified atom stereocenters. The monoisotopic (exact) mass is 586 g/mol. The molecule has 41 heavy (non-hydrogen) atoms. The minimum atomic E-state index is -4.54. The van der Waals surface area contributed by atoms with Gasteiger partial charge in [0.2, 0.25) is 5.91 Å². The number of rotatable bonds is 8. The lowest BCUT2D eigenvalue weighted by Crippen LogP contribution is -2.44. The molecule has 0 saturated carbocycles. The molecule has 1 aromatic heterocycles. The SMILES string of the molecule is COC(=O)c1cccc(Cn2c(-c3ccc(Cl)cc3)nn(CC(=O)NC(C)(C)c3cccc(C(F)(F)F)c3)c2=O)c1. The number of carbonyl (C=O) groups excluding carboxylic acids is 2. The fourth-order valence-corrected chi connectivity index (χ4v) is 4.40. The zero-order valence-corrected chi connectivity index (χ0v) is 23.1. The zero-order chi connectivity index (χ0) is 29.9. The number of methoxy groups -OCH3 is 1. The summed E-state index contributed by atoms with van der Waals surface area (Å²) in [4.78, 5) is 38.5. The second kappa shape index (κ2) is 11.6. The van der Waals surface area contributed by atoms with E-state index in [4.69, 9.17) is 16.3 Å². The Morgan fingerprint density at radius 1 is 0.976 bits per heavy atom. The number of nitrogens with one attached hydrogen (secondary N) is 1. The Labute approximate surface area is 238 Å². The van der Waals surface area contributed by atoms with Gasteiger partial charge in [-0.05, 0) is 73.5 Å². The second-order valence-corrected chi connectivity index (χ2v) is 10.2. The molecule has 1 amide bonds. The van der Waals surface area contributed by atoms with Crippen molar-refractivity contribution in [2.24, 2.45) is 0 Å². The summed E-state index contributed by atoms with van der Waals surface area (Å²) in [5.74, 6) is -0.914. The first-order valence-corrected chi connectivity index (χ1v) is 12.8. The Hall–Kier alpha value is -4.38. The van der Waals surface area contributed by atoms with Gasteiger partial charge in [-0.25, -0.2) is 14.3 Å². The van der Waals surface area contributed by atoms with Crippen molar-refractivity contribution in [2.45, 2.75) is 38.7 Å². The maximum atomic E-state index is 13.5. The second-order valence-electron chi connectivity index (χ2n) is 9.80. The van der Waals surface area contributed by atoms with Crippen LogP contribution in [0, 0.1) is 0 Å². The van der Waals surface area contributed by atoms with Gasteiger partial charge in [0, 0.05) is 10.6 Å². The average molecular weight is 587 g/mol. The lowest BCUT2D eigenvalue weighted by atomic mass is 9.92. The molecule has 0 bridgehead atoms. The number of halogens is 4. The van der Waals surface area contributed by atoms with Gasteiger partial charge in [0.1, 0.15) is 6.54 Å². The van der Waals surface area contributed by atoms with E-state index in [0.29, 0.717) is 21.7 Å². The molecule has 8 nitrogen and oxygen atoms in total. The van der Waals surface area contributed by atoms with Crippen molar-refractivity contribution >= 4 is 23.5 Å². The Balaban J connectivity index is 1.65. The van der Waals surface area contributed by atoms with Gasteiger partial charge in [0.05, 0.1) is 30.3 Å². The van der Waals surface area contributed by atoms with E-state index in [2.05, 4.69) is 10.4 Å². The zero-order valence-electron chi connectivity index (χ0n) is 22.3. The van der Waals surface area contributed by atoms with Crippen molar-refractivity contribution in [3.8, 4) is 11.4 Å². The Morgan fingerprint density at radius 3 is 2.29 bits per heavy atom. The molecule has 4 aromatic rings. The van der Waals surface area contributed by atoms with Crippen LogP contribution in [0.2, 0.25) is 5.02 Å². The summed E-state index contributed by atoms with van der Waals surface area (Å²) < 4.78 is 46.8. The molecule has 4 rings (SSSR count). The van der Waals surface area contributed by atoms with E-state index in [1.165, 1.54) is 23.8 Å². The predicted octanol–water partition coefficient (Wildman–Crippen LogP) is 5.27. The lowest BCUT2D eigenvalue weighted by molar-refractivity contribution is -0.137. The highest BCUT2D eigenvalue weighted by atomic mass is 35.5. The third-order valence-electron chi connectivity index (χ3n) is 6.37. The van der Waals surface area contributed by atoms with Crippen molar-refractivity contribution in [1.29, 1.82) is 0 Å². The number of carbonyl (C=O) groups is 2. The van der Waals surface area contributed by atoms with Gasteiger partial charge in [-0.2, -0.15) is 13.2 Å². The van der Waals surface area contributed by atoms with E-state index in [0.717, 1.165) is 16.8 Å². The maximum absolute atomic E-state index is 13.5. The molecule has 3 aromatic carbocycles. The van der Waals surface area contributed by atoms with Crippen molar-refractivity contribution in [3.05, 3.63) is 111 Å². The molecule has 0 aliphatic heterocycles. The van der Waals surface area contributed by atoms with E-state index in [9.17, 15) is 27.6 Å². The van der Waals surface area contributed by atoms with Crippen molar-refractivity contribution in [3.63, 3.8) is 0 Å². The molecular formula is C29H26ClF3N4O4. The summed E-state index contributed by atoms with van der Waals surface area (Å²) in [6.07, 6.45) is -4.54. The third kappa shape index (κ3) is 6.86. The summed E-state index contributed by atoms with van der Waals surface area (Å²) in [6, 6.07) is 17.8. The van der Waals surface area contributed by atoms with Crippen LogP contribution < -0.4 is 11.0 Å². The van der Waals surface area contributed by atoms with Crippen LogP contribution in [-0.4, -0.2) is 33.3 Å². The average Bonchev–Trinajstić information content (AvgIpc) is 3.22. The van der Waals surface area contributed by atoms with E-state index in [1.54, 1.807) is 62.4 Å². The molecule has 0 fully saturated rings. The van der Waals surface area contributed by atoms with Crippen molar-refractivity contribution < 1.29 is 27.5 Å². The maximum Gasteiger partial charge on any atom is 0.416 e. The quantitative estimate of drug-likeness (QED) is 0.284. The van der Waals surface area contributed by atoms with E-state index in [-0.39, 0.29) is 17.9 Å². The fraction of sp³-hybridized carbons (Fsp3) is 0.241. The van der Waals surface area contributed by atoms with Gasteiger partial charge in [0.25, 0.3) is 0 Å². The minimum Gasteiger partial charge on any atom is -0.465 e. The Morgan fingerprint density at radius 2 is 1.63 bits per heavy atom. The van der Waals surface area contributed by atoms with Gasteiger partial charge in [-0.1, -0.05) is 35.9 Å². The number of hydrogen-bond donors (Lipinski definition) is 1. The normalized spacial score (nSPS) is 11.8. The summed E-state index contributed by atoms with van der Waals surface area (Å²) >= 11 is 6.03. The Bertz CT molecular complexity index is 1640. The fourth-order valence-electron chi connectivity index (χ4n) is 4.28. The van der Waals surface area contributed by atoms with Gasteiger partial charge in [-0.3, -0.25) is 9.36 Å². The van der Waals surface area contributed by atoms with Crippen LogP contribution in [0.25, 0.3) is 11.4 Å². The first-order valence-electron chi connectivity index (χ1n) is 12.4. The largest absolute Gasteiger partial charge is 0.465 e. The van der Waals surface area contributed by atoms with Crippen LogP contribution in [-0.2, 0) is 34.3 Å². The molecule has 0 aliphatic carbocycles. The first-order chi connectivity index (χ1) is 19.3. The molecule has 1 N–H and O–H groups in total. The number of esters is 1. The minimum absolute atomic E-state index is 0.0268. The van der Waals surface area contributed by atoms with Crippen molar-refractivity contribution in [2.75, 3.05) is 7.11 Å². The lowest BCUT2D eigenvalue weighted by Gasteiger charge is -2.27.